The molecule has 0 saturated carbocycles. The molecule has 1 aromatic carbocycles. The van der Waals surface area contributed by atoms with Gasteiger partial charge in [-0.2, -0.15) is 0 Å². The molecule has 18 heavy (non-hydrogen) atoms. The number of hydrogen-bond acceptors (Lipinski definition) is 3. The SMILES string of the molecule is CN1CCNCC1C(=O)NCc1ccccc1Br. The minimum Gasteiger partial charge on any atom is -0.351 e. The van der Waals surface area contributed by atoms with Crippen LogP contribution in [-0.2, 0) is 11.3 Å². The molecule has 1 saturated heterocycles. The van der Waals surface area contributed by atoms with Gasteiger partial charge in [0.1, 0.15) is 6.04 Å². The summed E-state index contributed by atoms with van der Waals surface area (Å²) in [5.41, 5.74) is 1.09. The zero-order valence-electron chi connectivity index (χ0n) is 10.4. The standard InChI is InChI=1S/C13H18BrN3O/c1-17-7-6-15-9-12(17)13(18)16-8-10-4-2-3-5-11(10)14/h2-5,12,15H,6-9H2,1H3,(H,16,18). The Bertz CT molecular complexity index is 424. The van der Waals surface area contributed by atoms with Crippen LogP contribution in [-0.4, -0.2) is 43.5 Å². The van der Waals surface area contributed by atoms with E-state index in [0.29, 0.717) is 6.54 Å². The van der Waals surface area contributed by atoms with Crippen LogP contribution < -0.4 is 10.6 Å². The lowest BCUT2D eigenvalue weighted by Crippen LogP contribution is -2.56. The number of benzene rings is 1. The molecule has 0 aliphatic carbocycles. The number of carbonyl (C=O) groups excluding carboxylic acids is 1. The smallest absolute Gasteiger partial charge is 0.238 e. The van der Waals surface area contributed by atoms with Crippen LogP contribution in [0.4, 0.5) is 0 Å². The molecule has 1 aliphatic heterocycles. The van der Waals surface area contributed by atoms with Crippen molar-refractivity contribution in [3.8, 4) is 0 Å². The van der Waals surface area contributed by atoms with Crippen molar-refractivity contribution in [2.75, 3.05) is 26.7 Å². The average molecular weight is 312 g/mol. The van der Waals surface area contributed by atoms with Gasteiger partial charge in [-0.3, -0.25) is 9.69 Å². The molecule has 1 unspecified atom stereocenters. The summed E-state index contributed by atoms with van der Waals surface area (Å²) >= 11 is 3.48. The molecule has 1 amide bonds. The minimum atomic E-state index is -0.0683. The highest BCUT2D eigenvalue weighted by molar-refractivity contribution is 9.10. The molecule has 0 aromatic heterocycles. The molecule has 0 radical (unpaired) electrons. The molecule has 1 atom stereocenters. The van der Waals surface area contributed by atoms with Crippen LogP contribution in [0.1, 0.15) is 5.56 Å². The van der Waals surface area contributed by atoms with E-state index in [1.807, 2.05) is 31.3 Å². The van der Waals surface area contributed by atoms with E-state index in [1.165, 1.54) is 0 Å². The number of nitrogens with zero attached hydrogens (tertiary/aromatic N) is 1. The van der Waals surface area contributed by atoms with Crippen molar-refractivity contribution in [3.63, 3.8) is 0 Å². The third-order valence-corrected chi connectivity index (χ3v) is 4.00. The Balaban J connectivity index is 1.90. The van der Waals surface area contributed by atoms with Gasteiger partial charge in [0.15, 0.2) is 0 Å². The van der Waals surface area contributed by atoms with Gasteiger partial charge in [0, 0.05) is 30.7 Å². The van der Waals surface area contributed by atoms with Crippen molar-refractivity contribution in [3.05, 3.63) is 34.3 Å². The second-order valence-electron chi connectivity index (χ2n) is 4.51. The van der Waals surface area contributed by atoms with E-state index in [-0.39, 0.29) is 11.9 Å². The van der Waals surface area contributed by atoms with Gasteiger partial charge in [-0.1, -0.05) is 34.1 Å². The van der Waals surface area contributed by atoms with Crippen molar-refractivity contribution in [1.29, 1.82) is 0 Å². The first-order valence-electron chi connectivity index (χ1n) is 6.10. The molecule has 0 bridgehead atoms. The molecule has 1 heterocycles. The van der Waals surface area contributed by atoms with Gasteiger partial charge < -0.3 is 10.6 Å². The fourth-order valence-corrected chi connectivity index (χ4v) is 2.47. The quantitative estimate of drug-likeness (QED) is 0.874. The molecule has 0 spiro atoms. The van der Waals surface area contributed by atoms with E-state index in [4.69, 9.17) is 0 Å². The lowest BCUT2D eigenvalue weighted by Gasteiger charge is -2.31. The Morgan fingerprint density at radius 2 is 2.33 bits per heavy atom. The van der Waals surface area contributed by atoms with Gasteiger partial charge in [-0.25, -0.2) is 0 Å². The highest BCUT2D eigenvalue weighted by atomic mass is 79.9. The predicted octanol–water partition coefficient (Wildman–Crippen LogP) is 0.969. The van der Waals surface area contributed by atoms with Crippen LogP contribution in [0, 0.1) is 0 Å². The van der Waals surface area contributed by atoms with E-state index in [1.54, 1.807) is 0 Å². The third-order valence-electron chi connectivity index (χ3n) is 3.22. The fraction of sp³-hybridized carbons (Fsp3) is 0.462. The zero-order valence-corrected chi connectivity index (χ0v) is 12.0. The van der Waals surface area contributed by atoms with Crippen LogP contribution in [0.25, 0.3) is 0 Å². The molecular formula is C13H18BrN3O. The molecule has 1 aliphatic rings. The van der Waals surface area contributed by atoms with Crippen molar-refractivity contribution >= 4 is 21.8 Å². The largest absolute Gasteiger partial charge is 0.351 e. The Hall–Kier alpha value is -0.910. The first-order valence-corrected chi connectivity index (χ1v) is 6.90. The number of nitrogens with one attached hydrogen (secondary N) is 2. The van der Waals surface area contributed by atoms with Gasteiger partial charge >= 0.3 is 0 Å². The number of carbonyl (C=O) groups is 1. The number of likely N-dealkylation sites (N-methyl/N-ethyl adjacent to an activating group) is 1. The Kier molecular flexibility index (Phi) is 4.74. The van der Waals surface area contributed by atoms with E-state index < -0.39 is 0 Å². The van der Waals surface area contributed by atoms with Crippen LogP contribution in [0.3, 0.4) is 0 Å². The predicted molar refractivity (Wildman–Crippen MR) is 75.3 cm³/mol. The van der Waals surface area contributed by atoms with Gasteiger partial charge in [0.2, 0.25) is 5.91 Å². The Morgan fingerprint density at radius 3 is 3.06 bits per heavy atom. The Morgan fingerprint density at radius 1 is 1.56 bits per heavy atom. The van der Waals surface area contributed by atoms with E-state index in [9.17, 15) is 4.79 Å². The maximum atomic E-state index is 12.1. The summed E-state index contributed by atoms with van der Waals surface area (Å²) in [5, 5.41) is 6.23. The van der Waals surface area contributed by atoms with E-state index >= 15 is 0 Å². The maximum absolute atomic E-state index is 12.1. The van der Waals surface area contributed by atoms with E-state index in [2.05, 4.69) is 31.5 Å². The van der Waals surface area contributed by atoms with Gasteiger partial charge in [0.25, 0.3) is 0 Å². The number of rotatable bonds is 3. The van der Waals surface area contributed by atoms with Crippen LogP contribution in [0.15, 0.2) is 28.7 Å². The monoisotopic (exact) mass is 311 g/mol. The zero-order chi connectivity index (χ0) is 13.0. The van der Waals surface area contributed by atoms with Gasteiger partial charge in [-0.15, -0.1) is 0 Å². The molecule has 98 valence electrons. The second kappa shape index (κ2) is 6.31. The first-order chi connectivity index (χ1) is 8.68. The molecular weight excluding hydrogens is 294 g/mol. The average Bonchev–Trinajstić information content (AvgIpc) is 2.38. The molecule has 5 heteroatoms. The minimum absolute atomic E-state index is 0.0683. The van der Waals surface area contributed by atoms with Crippen molar-refractivity contribution in [2.24, 2.45) is 0 Å². The highest BCUT2D eigenvalue weighted by Gasteiger charge is 2.25. The molecule has 1 aromatic rings. The topological polar surface area (TPSA) is 44.4 Å². The molecule has 2 N–H and O–H groups in total. The van der Waals surface area contributed by atoms with Crippen LogP contribution in [0.5, 0.6) is 0 Å². The maximum Gasteiger partial charge on any atom is 0.238 e. The molecule has 1 fully saturated rings. The van der Waals surface area contributed by atoms with Gasteiger partial charge in [0.05, 0.1) is 0 Å². The summed E-state index contributed by atoms with van der Waals surface area (Å²) in [6.45, 7) is 3.14. The van der Waals surface area contributed by atoms with Crippen LogP contribution in [0.2, 0.25) is 0 Å². The second-order valence-corrected chi connectivity index (χ2v) is 5.36. The summed E-state index contributed by atoms with van der Waals surface area (Å²) in [5.74, 6) is 0.0838. The summed E-state index contributed by atoms with van der Waals surface area (Å²) in [4.78, 5) is 14.2. The fourth-order valence-electron chi connectivity index (χ4n) is 2.04. The molecule has 2 rings (SSSR count). The summed E-state index contributed by atoms with van der Waals surface area (Å²) in [6, 6.07) is 7.86. The highest BCUT2D eigenvalue weighted by Crippen LogP contribution is 2.15. The summed E-state index contributed by atoms with van der Waals surface area (Å²) < 4.78 is 1.03. The van der Waals surface area contributed by atoms with Crippen LogP contribution >= 0.6 is 15.9 Å². The lowest BCUT2D eigenvalue weighted by molar-refractivity contribution is -0.126. The van der Waals surface area contributed by atoms with Crippen molar-refractivity contribution in [1.82, 2.24) is 15.5 Å². The number of halogens is 1. The summed E-state index contributed by atoms with van der Waals surface area (Å²) in [7, 11) is 1.99. The van der Waals surface area contributed by atoms with Gasteiger partial charge in [-0.05, 0) is 18.7 Å². The van der Waals surface area contributed by atoms with Crippen molar-refractivity contribution in [2.45, 2.75) is 12.6 Å². The number of piperazine rings is 1. The van der Waals surface area contributed by atoms with E-state index in [0.717, 1.165) is 29.7 Å². The third kappa shape index (κ3) is 3.31. The summed E-state index contributed by atoms with van der Waals surface area (Å²) in [6.07, 6.45) is 0. The normalized spacial score (nSPS) is 20.7. The lowest BCUT2D eigenvalue weighted by atomic mass is 10.1. The Labute approximate surface area is 116 Å². The number of hydrogen-bond donors (Lipinski definition) is 2. The van der Waals surface area contributed by atoms with Crippen molar-refractivity contribution < 1.29 is 4.79 Å². The molecule has 4 nitrogen and oxygen atoms in total. The number of amides is 1. The first kappa shape index (κ1) is 13.5.